The number of nitrogens with two attached hydrogens (primary N) is 1. The minimum absolute atomic E-state index is 0.807. The van der Waals surface area contributed by atoms with Gasteiger partial charge in [0.2, 0.25) is 0 Å². The van der Waals surface area contributed by atoms with Gasteiger partial charge in [-0.2, -0.15) is 0 Å². The molecule has 1 aromatic carbocycles. The lowest BCUT2D eigenvalue weighted by Crippen LogP contribution is -1.95. The van der Waals surface area contributed by atoms with E-state index in [2.05, 4.69) is 6.92 Å². The summed E-state index contributed by atoms with van der Waals surface area (Å²) in [6, 6.07) is 5.72. The van der Waals surface area contributed by atoms with Gasteiger partial charge in [0.1, 0.15) is 0 Å². The van der Waals surface area contributed by atoms with Gasteiger partial charge in [0.25, 0.3) is 0 Å². The summed E-state index contributed by atoms with van der Waals surface area (Å²) in [4.78, 5) is 0. The number of hydrogen-bond acceptors (Lipinski definition) is 1. The topological polar surface area (TPSA) is 26.0 Å². The van der Waals surface area contributed by atoms with Crippen LogP contribution < -0.4 is 5.73 Å². The Hall–Kier alpha value is -0.690. The lowest BCUT2D eigenvalue weighted by molar-refractivity contribution is 0.667. The van der Waals surface area contributed by atoms with Crippen LogP contribution in [0, 0.1) is 0 Å². The average molecular weight is 212 g/mol. The number of benzene rings is 1. The molecule has 0 saturated carbocycles. The number of unbranched alkanes of at least 4 members (excludes halogenated alkanes) is 3. The zero-order chi connectivity index (χ0) is 10.4. The lowest BCUT2D eigenvalue weighted by Gasteiger charge is -2.07. The number of anilines is 1. The van der Waals surface area contributed by atoms with Crippen molar-refractivity contribution in [2.45, 2.75) is 39.0 Å². The number of halogens is 1. The second-order valence-electron chi connectivity index (χ2n) is 3.62. The molecule has 2 heteroatoms. The van der Waals surface area contributed by atoms with E-state index >= 15 is 0 Å². The Kier molecular flexibility index (Phi) is 4.81. The maximum atomic E-state index is 6.06. The molecule has 0 aliphatic heterocycles. The highest BCUT2D eigenvalue weighted by Gasteiger charge is 2.03. The van der Waals surface area contributed by atoms with Gasteiger partial charge >= 0.3 is 0 Å². The number of nitrogen functional groups attached to an aromatic ring is 1. The molecule has 1 rings (SSSR count). The van der Waals surface area contributed by atoms with E-state index in [4.69, 9.17) is 17.3 Å². The van der Waals surface area contributed by atoms with Crippen molar-refractivity contribution in [2.24, 2.45) is 0 Å². The summed E-state index contributed by atoms with van der Waals surface area (Å²) in [7, 11) is 0. The fourth-order valence-corrected chi connectivity index (χ4v) is 1.84. The molecule has 1 aromatic rings. The van der Waals surface area contributed by atoms with E-state index in [1.807, 2.05) is 18.2 Å². The highest BCUT2D eigenvalue weighted by atomic mass is 35.5. The van der Waals surface area contributed by atoms with Gasteiger partial charge in [0, 0.05) is 10.7 Å². The van der Waals surface area contributed by atoms with Crippen LogP contribution in [-0.4, -0.2) is 0 Å². The summed E-state index contributed by atoms with van der Waals surface area (Å²) in [5, 5.41) is 0.807. The first-order chi connectivity index (χ1) is 6.75. The quantitative estimate of drug-likeness (QED) is 0.577. The van der Waals surface area contributed by atoms with Crippen molar-refractivity contribution >= 4 is 17.3 Å². The van der Waals surface area contributed by atoms with E-state index in [-0.39, 0.29) is 0 Å². The predicted octanol–water partition coefficient (Wildman–Crippen LogP) is 4.05. The summed E-state index contributed by atoms with van der Waals surface area (Å²) >= 11 is 6.06. The third kappa shape index (κ3) is 3.22. The van der Waals surface area contributed by atoms with Gasteiger partial charge < -0.3 is 5.73 Å². The molecule has 0 heterocycles. The minimum atomic E-state index is 0.807. The van der Waals surface area contributed by atoms with Gasteiger partial charge in [-0.1, -0.05) is 43.9 Å². The maximum absolute atomic E-state index is 6.06. The highest BCUT2D eigenvalue weighted by molar-refractivity contribution is 6.31. The smallest absolute Gasteiger partial charge is 0.0458 e. The van der Waals surface area contributed by atoms with Crippen molar-refractivity contribution in [2.75, 3.05) is 5.73 Å². The van der Waals surface area contributed by atoms with Gasteiger partial charge in [-0.05, 0) is 30.5 Å². The molecular weight excluding hydrogens is 194 g/mol. The Labute approximate surface area is 91.3 Å². The standard InChI is InChI=1S/C12H18ClN/c1-2-3-4-5-7-10-11(13)8-6-9-12(10)14/h6,8-9H,2-5,7,14H2,1H3. The second kappa shape index (κ2) is 5.92. The molecule has 0 spiro atoms. The number of rotatable bonds is 5. The van der Waals surface area contributed by atoms with Crippen LogP contribution >= 0.6 is 11.6 Å². The first kappa shape index (κ1) is 11.4. The van der Waals surface area contributed by atoms with Crippen molar-refractivity contribution in [1.29, 1.82) is 0 Å². The Morgan fingerprint density at radius 2 is 2.00 bits per heavy atom. The minimum Gasteiger partial charge on any atom is -0.398 e. The van der Waals surface area contributed by atoms with Gasteiger partial charge in [-0.3, -0.25) is 0 Å². The van der Waals surface area contributed by atoms with E-state index in [1.54, 1.807) is 0 Å². The van der Waals surface area contributed by atoms with Crippen LogP contribution in [-0.2, 0) is 6.42 Å². The van der Waals surface area contributed by atoms with Crippen molar-refractivity contribution in [3.05, 3.63) is 28.8 Å². The molecule has 2 N–H and O–H groups in total. The summed E-state index contributed by atoms with van der Waals surface area (Å²) in [6.45, 7) is 2.21. The van der Waals surface area contributed by atoms with Crippen molar-refractivity contribution in [3.8, 4) is 0 Å². The molecule has 0 amide bonds. The molecule has 0 saturated heterocycles. The van der Waals surface area contributed by atoms with Crippen LogP contribution in [0.25, 0.3) is 0 Å². The van der Waals surface area contributed by atoms with Gasteiger partial charge in [0.15, 0.2) is 0 Å². The molecule has 0 bridgehead atoms. The third-order valence-corrected chi connectivity index (χ3v) is 2.79. The zero-order valence-corrected chi connectivity index (χ0v) is 9.48. The summed E-state index contributed by atoms with van der Waals surface area (Å²) in [6.07, 6.45) is 6.01. The van der Waals surface area contributed by atoms with Crippen LogP contribution in [0.5, 0.6) is 0 Å². The fourth-order valence-electron chi connectivity index (χ4n) is 1.57. The molecule has 1 nitrogen and oxygen atoms in total. The molecule has 0 unspecified atom stereocenters. The highest BCUT2D eigenvalue weighted by Crippen LogP contribution is 2.23. The molecule has 0 radical (unpaired) electrons. The Balaban J connectivity index is 2.49. The van der Waals surface area contributed by atoms with Crippen LogP contribution in [0.4, 0.5) is 5.69 Å². The molecule has 0 aliphatic rings. The molecule has 14 heavy (non-hydrogen) atoms. The summed E-state index contributed by atoms with van der Waals surface area (Å²) < 4.78 is 0. The second-order valence-corrected chi connectivity index (χ2v) is 4.03. The summed E-state index contributed by atoms with van der Waals surface area (Å²) in [5.74, 6) is 0. The van der Waals surface area contributed by atoms with Gasteiger partial charge in [-0.15, -0.1) is 0 Å². The van der Waals surface area contributed by atoms with E-state index < -0.39 is 0 Å². The zero-order valence-electron chi connectivity index (χ0n) is 8.72. The molecule has 78 valence electrons. The van der Waals surface area contributed by atoms with E-state index in [1.165, 1.54) is 25.7 Å². The Bertz CT molecular complexity index is 263. The Morgan fingerprint density at radius 1 is 1.21 bits per heavy atom. The monoisotopic (exact) mass is 211 g/mol. The van der Waals surface area contributed by atoms with Crippen LogP contribution in [0.2, 0.25) is 5.02 Å². The largest absolute Gasteiger partial charge is 0.398 e. The molecular formula is C12H18ClN. The lowest BCUT2D eigenvalue weighted by atomic mass is 10.0. The average Bonchev–Trinajstić information content (AvgIpc) is 2.16. The summed E-state index contributed by atoms with van der Waals surface area (Å²) in [5.41, 5.74) is 7.80. The fraction of sp³-hybridized carbons (Fsp3) is 0.500. The van der Waals surface area contributed by atoms with Crippen molar-refractivity contribution in [3.63, 3.8) is 0 Å². The SMILES string of the molecule is CCCCCCc1c(N)cccc1Cl. The maximum Gasteiger partial charge on any atom is 0.0458 e. The first-order valence-corrected chi connectivity index (χ1v) is 5.66. The molecule has 0 aliphatic carbocycles. The van der Waals surface area contributed by atoms with E-state index in [0.29, 0.717) is 0 Å². The van der Waals surface area contributed by atoms with E-state index in [9.17, 15) is 0 Å². The van der Waals surface area contributed by atoms with Crippen molar-refractivity contribution < 1.29 is 0 Å². The normalized spacial score (nSPS) is 10.4. The molecule has 0 fully saturated rings. The van der Waals surface area contributed by atoms with E-state index in [0.717, 1.165) is 22.7 Å². The van der Waals surface area contributed by atoms with Crippen LogP contribution in [0.1, 0.15) is 38.2 Å². The van der Waals surface area contributed by atoms with Crippen molar-refractivity contribution in [1.82, 2.24) is 0 Å². The molecule has 0 atom stereocenters. The molecule has 0 aromatic heterocycles. The van der Waals surface area contributed by atoms with Crippen LogP contribution in [0.3, 0.4) is 0 Å². The Morgan fingerprint density at radius 3 is 2.64 bits per heavy atom. The van der Waals surface area contributed by atoms with Crippen LogP contribution in [0.15, 0.2) is 18.2 Å². The predicted molar refractivity (Wildman–Crippen MR) is 63.7 cm³/mol. The van der Waals surface area contributed by atoms with Gasteiger partial charge in [0.05, 0.1) is 0 Å². The number of hydrogen-bond donors (Lipinski definition) is 1. The van der Waals surface area contributed by atoms with Gasteiger partial charge in [-0.25, -0.2) is 0 Å². The third-order valence-electron chi connectivity index (χ3n) is 2.44. The first-order valence-electron chi connectivity index (χ1n) is 5.28.